The summed E-state index contributed by atoms with van der Waals surface area (Å²) in [5.41, 5.74) is 6.97. The number of nitrogens with two attached hydrogens (primary N) is 1. The first-order valence-corrected chi connectivity index (χ1v) is 11.6. The Morgan fingerprint density at radius 1 is 1.21 bits per heavy atom. The number of allylic oxidation sites excluding steroid dienone is 1. The molecule has 1 aliphatic heterocycles. The van der Waals surface area contributed by atoms with E-state index in [2.05, 4.69) is 20.3 Å². The molecule has 0 radical (unpaired) electrons. The summed E-state index contributed by atoms with van der Waals surface area (Å²) in [6.45, 7) is 9.71. The van der Waals surface area contributed by atoms with E-state index in [1.165, 1.54) is 17.5 Å². The molecule has 0 saturated carbocycles. The van der Waals surface area contributed by atoms with Gasteiger partial charge in [-0.05, 0) is 83.1 Å². The van der Waals surface area contributed by atoms with Gasteiger partial charge < -0.3 is 20.5 Å². The van der Waals surface area contributed by atoms with Gasteiger partial charge in [-0.2, -0.15) is 9.67 Å². The van der Waals surface area contributed by atoms with Gasteiger partial charge in [-0.15, -0.1) is 5.10 Å². The lowest BCUT2D eigenvalue weighted by Crippen LogP contribution is -2.25. The SMILES string of the molecule is CC(C)(C)Oc1ccc(-n2nc(NC3C=CC(OCCN4CCCC4)=CC3=C=O)nc2N)cc1. The quantitative estimate of drug-likeness (QED) is 0.574. The Kier molecular flexibility index (Phi) is 7.05. The number of hydrogen-bond donors (Lipinski definition) is 2. The van der Waals surface area contributed by atoms with Crippen molar-refractivity contribution in [2.75, 3.05) is 37.3 Å². The lowest BCUT2D eigenvalue weighted by Gasteiger charge is -2.21. The minimum absolute atomic E-state index is 0.227. The fraction of sp³-hybridized carbons (Fsp3) is 0.440. The third kappa shape index (κ3) is 6.07. The number of likely N-dealkylation sites (tertiary alicyclic amines) is 1. The monoisotopic (exact) mass is 464 g/mol. The van der Waals surface area contributed by atoms with Crippen molar-refractivity contribution >= 4 is 17.8 Å². The number of aromatic nitrogens is 3. The Hall–Kier alpha value is -3.55. The average Bonchev–Trinajstić information content (AvgIpc) is 3.44. The third-order valence-electron chi connectivity index (χ3n) is 5.50. The molecule has 3 N–H and O–H groups in total. The molecule has 34 heavy (non-hydrogen) atoms. The predicted octanol–water partition coefficient (Wildman–Crippen LogP) is 3.13. The highest BCUT2D eigenvalue weighted by Crippen LogP contribution is 2.23. The van der Waals surface area contributed by atoms with Crippen molar-refractivity contribution < 1.29 is 14.3 Å². The van der Waals surface area contributed by atoms with Gasteiger partial charge in [-0.25, -0.2) is 4.79 Å². The molecule has 2 aliphatic rings. The molecule has 1 atom stereocenters. The largest absolute Gasteiger partial charge is 0.492 e. The smallest absolute Gasteiger partial charge is 0.245 e. The van der Waals surface area contributed by atoms with Crippen LogP contribution in [0.15, 0.2) is 53.8 Å². The van der Waals surface area contributed by atoms with Crippen LogP contribution in [0.2, 0.25) is 0 Å². The molecule has 1 aromatic carbocycles. The summed E-state index contributed by atoms with van der Waals surface area (Å²) < 4.78 is 13.2. The average molecular weight is 465 g/mol. The molecule has 0 bridgehead atoms. The Bertz CT molecular complexity index is 1100. The molecule has 4 rings (SSSR count). The van der Waals surface area contributed by atoms with Crippen LogP contribution in [0.5, 0.6) is 5.75 Å². The molecule has 2 heterocycles. The minimum atomic E-state index is -0.429. The number of nitrogens with one attached hydrogen (secondary N) is 1. The van der Waals surface area contributed by atoms with Gasteiger partial charge in [0.05, 0.1) is 17.3 Å². The van der Waals surface area contributed by atoms with E-state index in [4.69, 9.17) is 15.2 Å². The van der Waals surface area contributed by atoms with Gasteiger partial charge in [-0.1, -0.05) is 6.08 Å². The van der Waals surface area contributed by atoms with Gasteiger partial charge in [0.1, 0.15) is 29.7 Å². The molecule has 1 unspecified atom stereocenters. The summed E-state index contributed by atoms with van der Waals surface area (Å²) in [7, 11) is 0. The molecule has 9 nitrogen and oxygen atoms in total. The number of ether oxygens (including phenoxy) is 2. The topological polar surface area (TPSA) is 108 Å². The fourth-order valence-corrected chi connectivity index (χ4v) is 3.92. The van der Waals surface area contributed by atoms with Crippen molar-refractivity contribution in [1.82, 2.24) is 19.7 Å². The van der Waals surface area contributed by atoms with E-state index in [-0.39, 0.29) is 11.5 Å². The van der Waals surface area contributed by atoms with Crippen LogP contribution in [0.3, 0.4) is 0 Å². The predicted molar refractivity (Wildman–Crippen MR) is 132 cm³/mol. The lowest BCUT2D eigenvalue weighted by atomic mass is 10.0. The highest BCUT2D eigenvalue weighted by molar-refractivity contribution is 5.65. The zero-order valence-electron chi connectivity index (χ0n) is 20.0. The number of rotatable bonds is 8. The summed E-state index contributed by atoms with van der Waals surface area (Å²) in [4.78, 5) is 18.3. The highest BCUT2D eigenvalue weighted by Gasteiger charge is 2.20. The van der Waals surface area contributed by atoms with E-state index >= 15 is 0 Å². The van der Waals surface area contributed by atoms with Gasteiger partial charge in [0.25, 0.3) is 0 Å². The van der Waals surface area contributed by atoms with Crippen LogP contribution in [-0.2, 0) is 9.53 Å². The number of carbonyl (C=O) groups excluding carboxylic acids is 1. The minimum Gasteiger partial charge on any atom is -0.492 e. The van der Waals surface area contributed by atoms with Crippen molar-refractivity contribution in [1.29, 1.82) is 0 Å². The lowest BCUT2D eigenvalue weighted by molar-refractivity contribution is 0.131. The van der Waals surface area contributed by atoms with E-state index in [9.17, 15) is 4.79 Å². The van der Waals surface area contributed by atoms with Crippen molar-refractivity contribution in [2.24, 2.45) is 0 Å². The van der Waals surface area contributed by atoms with Crippen LogP contribution >= 0.6 is 0 Å². The van der Waals surface area contributed by atoms with Crippen LogP contribution in [-0.4, -0.2) is 63.5 Å². The first-order chi connectivity index (χ1) is 16.3. The maximum atomic E-state index is 11.6. The standard InChI is InChI=1S/C25H32N6O3/c1-25(2,3)34-20-8-6-19(7-9-20)31-23(26)28-24(29-31)27-22-11-10-21(16-18(22)17-32)33-15-14-30-12-4-5-13-30/h6-11,16,22H,4-5,12-15H2,1-3H3,(H3,26,27,28,29). The van der Waals surface area contributed by atoms with Crippen LogP contribution in [0.25, 0.3) is 5.69 Å². The summed E-state index contributed by atoms with van der Waals surface area (Å²) in [5.74, 6) is 3.93. The van der Waals surface area contributed by atoms with Gasteiger partial charge in [-0.3, -0.25) is 4.90 Å². The van der Waals surface area contributed by atoms with Gasteiger partial charge in [0.15, 0.2) is 0 Å². The number of hydrogen-bond acceptors (Lipinski definition) is 8. The maximum Gasteiger partial charge on any atom is 0.245 e. The second-order valence-electron chi connectivity index (χ2n) is 9.40. The van der Waals surface area contributed by atoms with Crippen LogP contribution in [0.4, 0.5) is 11.9 Å². The molecule has 1 aliphatic carbocycles. The van der Waals surface area contributed by atoms with Crippen molar-refractivity contribution in [3.05, 3.63) is 53.8 Å². The number of nitrogen functional groups attached to an aromatic ring is 1. The molecule has 0 amide bonds. The van der Waals surface area contributed by atoms with Crippen LogP contribution in [0.1, 0.15) is 33.6 Å². The zero-order chi connectivity index (χ0) is 24.1. The van der Waals surface area contributed by atoms with Crippen LogP contribution < -0.4 is 15.8 Å². The summed E-state index contributed by atoms with van der Waals surface area (Å²) in [5, 5.41) is 7.59. The Labute approximate surface area is 199 Å². The van der Waals surface area contributed by atoms with Gasteiger partial charge in [0, 0.05) is 6.54 Å². The fourth-order valence-electron chi connectivity index (χ4n) is 3.92. The van der Waals surface area contributed by atoms with E-state index in [1.807, 2.05) is 63.1 Å². The first-order valence-electron chi connectivity index (χ1n) is 11.6. The third-order valence-corrected chi connectivity index (χ3v) is 5.50. The summed E-state index contributed by atoms with van der Waals surface area (Å²) in [6.07, 6.45) is 7.87. The molecule has 180 valence electrons. The number of anilines is 2. The second kappa shape index (κ2) is 10.2. The molecular formula is C25H32N6O3. The normalized spacial score (nSPS) is 18.5. The van der Waals surface area contributed by atoms with Crippen molar-refractivity contribution in [3.63, 3.8) is 0 Å². The Morgan fingerprint density at radius 2 is 1.94 bits per heavy atom. The van der Waals surface area contributed by atoms with Gasteiger partial charge in [0.2, 0.25) is 11.9 Å². The summed E-state index contributed by atoms with van der Waals surface area (Å²) in [6, 6.07) is 7.02. The summed E-state index contributed by atoms with van der Waals surface area (Å²) >= 11 is 0. The number of nitrogens with zero attached hydrogens (tertiary/aromatic N) is 4. The molecule has 2 aromatic rings. The maximum absolute atomic E-state index is 11.6. The first kappa shape index (κ1) is 23.6. The second-order valence-corrected chi connectivity index (χ2v) is 9.40. The van der Waals surface area contributed by atoms with Crippen molar-refractivity contribution in [2.45, 2.75) is 45.3 Å². The van der Waals surface area contributed by atoms with E-state index in [0.717, 1.165) is 31.1 Å². The molecular weight excluding hydrogens is 432 g/mol. The van der Waals surface area contributed by atoms with E-state index < -0.39 is 6.04 Å². The number of benzene rings is 1. The Morgan fingerprint density at radius 3 is 2.62 bits per heavy atom. The van der Waals surface area contributed by atoms with Crippen LogP contribution in [0, 0.1) is 0 Å². The molecule has 9 heteroatoms. The molecule has 0 spiro atoms. The van der Waals surface area contributed by atoms with Gasteiger partial charge >= 0.3 is 0 Å². The van der Waals surface area contributed by atoms with E-state index in [0.29, 0.717) is 23.9 Å². The highest BCUT2D eigenvalue weighted by atomic mass is 16.5. The molecule has 1 aromatic heterocycles. The van der Waals surface area contributed by atoms with E-state index in [1.54, 1.807) is 6.08 Å². The van der Waals surface area contributed by atoms with Crippen molar-refractivity contribution in [3.8, 4) is 11.4 Å². The molecule has 1 saturated heterocycles. The zero-order valence-corrected chi connectivity index (χ0v) is 20.0. The molecule has 1 fully saturated rings. The Balaban J connectivity index is 1.37.